The molecule has 0 spiro atoms. The van der Waals surface area contributed by atoms with Gasteiger partial charge < -0.3 is 11.1 Å². The van der Waals surface area contributed by atoms with Gasteiger partial charge in [-0.05, 0) is 31.5 Å². The zero-order valence-corrected chi connectivity index (χ0v) is 12.6. The minimum atomic E-state index is 0.331. The maximum absolute atomic E-state index is 5.94. The van der Waals surface area contributed by atoms with Crippen LogP contribution in [-0.4, -0.2) is 17.0 Å². The maximum atomic E-state index is 5.94. The first-order chi connectivity index (χ1) is 9.08. The van der Waals surface area contributed by atoms with Crippen LogP contribution < -0.4 is 11.1 Å². The highest BCUT2D eigenvalue weighted by molar-refractivity contribution is 7.18. The molecule has 1 aromatic heterocycles. The summed E-state index contributed by atoms with van der Waals surface area (Å²) in [6, 6.07) is 6.04. The summed E-state index contributed by atoms with van der Waals surface area (Å²) in [5.41, 5.74) is 6.72. The van der Waals surface area contributed by atoms with E-state index in [4.69, 9.17) is 17.3 Å². The van der Waals surface area contributed by atoms with Gasteiger partial charge in [0.1, 0.15) is 5.01 Å². The summed E-state index contributed by atoms with van der Waals surface area (Å²) < 4.78 is 1.11. The molecule has 3 N–H and O–H groups in total. The molecule has 0 radical (unpaired) electrons. The summed E-state index contributed by atoms with van der Waals surface area (Å²) in [7, 11) is 0. The molecule has 2 rings (SSSR count). The first kappa shape index (κ1) is 14.1. The van der Waals surface area contributed by atoms with E-state index in [0.29, 0.717) is 23.6 Å². The highest BCUT2D eigenvalue weighted by Gasteiger charge is 2.04. The molecule has 102 valence electrons. The molecule has 0 aliphatic heterocycles. The summed E-state index contributed by atoms with van der Waals surface area (Å²) >= 11 is 7.55. The number of aliphatic imine (C=N–C) groups is 1. The summed E-state index contributed by atoms with van der Waals surface area (Å²) in [5, 5.41) is 4.76. The molecule has 0 bridgehead atoms. The smallest absolute Gasteiger partial charge is 0.189 e. The van der Waals surface area contributed by atoms with Crippen LogP contribution >= 0.6 is 22.9 Å². The molecule has 19 heavy (non-hydrogen) atoms. The van der Waals surface area contributed by atoms with Crippen molar-refractivity contribution >= 4 is 39.1 Å². The number of benzene rings is 1. The van der Waals surface area contributed by atoms with Gasteiger partial charge in [0.15, 0.2) is 5.96 Å². The van der Waals surface area contributed by atoms with Crippen LogP contribution in [0.25, 0.3) is 10.2 Å². The van der Waals surface area contributed by atoms with Gasteiger partial charge in [-0.2, -0.15) is 0 Å². The van der Waals surface area contributed by atoms with Crippen LogP contribution in [0.3, 0.4) is 0 Å². The predicted molar refractivity (Wildman–Crippen MR) is 82.8 cm³/mol. The Morgan fingerprint density at radius 1 is 1.58 bits per heavy atom. The molecule has 0 aliphatic rings. The lowest BCUT2D eigenvalue weighted by molar-refractivity contribution is 0.636. The van der Waals surface area contributed by atoms with E-state index in [1.54, 1.807) is 11.3 Å². The number of guanidine groups is 1. The third-order valence-electron chi connectivity index (χ3n) is 2.79. The van der Waals surface area contributed by atoms with Crippen LogP contribution in [0.4, 0.5) is 0 Å². The van der Waals surface area contributed by atoms with E-state index in [2.05, 4.69) is 29.1 Å². The quantitative estimate of drug-likeness (QED) is 0.673. The Morgan fingerprint density at radius 3 is 3.11 bits per heavy atom. The van der Waals surface area contributed by atoms with Crippen molar-refractivity contribution in [1.82, 2.24) is 10.3 Å². The van der Waals surface area contributed by atoms with Gasteiger partial charge in [0.05, 0.1) is 16.8 Å². The number of halogens is 1. The number of hydrogen-bond donors (Lipinski definition) is 2. The molecule has 6 heteroatoms. The molecule has 0 saturated carbocycles. The standard InChI is InChI=1S/C13H17ClN4S/c1-3-8(2)17-13(15)16-7-12-18-10-6-9(14)4-5-11(10)19-12/h4-6,8H,3,7H2,1-2H3,(H3,15,16,17). The second-order valence-electron chi connectivity index (χ2n) is 4.37. The molecule has 0 amide bonds. The zero-order chi connectivity index (χ0) is 13.8. The monoisotopic (exact) mass is 296 g/mol. The number of hydrogen-bond acceptors (Lipinski definition) is 3. The number of rotatable bonds is 4. The highest BCUT2D eigenvalue weighted by Crippen LogP contribution is 2.25. The minimum Gasteiger partial charge on any atom is -0.370 e. The molecule has 4 nitrogen and oxygen atoms in total. The average molecular weight is 297 g/mol. The largest absolute Gasteiger partial charge is 0.370 e. The van der Waals surface area contributed by atoms with E-state index >= 15 is 0 Å². The van der Waals surface area contributed by atoms with E-state index in [1.807, 2.05) is 18.2 Å². The highest BCUT2D eigenvalue weighted by atomic mass is 35.5. The van der Waals surface area contributed by atoms with Gasteiger partial charge in [0, 0.05) is 11.1 Å². The summed E-state index contributed by atoms with van der Waals surface area (Å²) in [6.45, 7) is 4.66. The molecular weight excluding hydrogens is 280 g/mol. The second-order valence-corrected chi connectivity index (χ2v) is 5.93. The molecule has 1 aromatic carbocycles. The molecule has 1 unspecified atom stereocenters. The Labute approximate surface area is 121 Å². The fourth-order valence-electron chi connectivity index (χ4n) is 1.57. The number of nitrogens with one attached hydrogen (secondary N) is 1. The normalized spacial score (nSPS) is 13.7. The Balaban J connectivity index is 2.07. The van der Waals surface area contributed by atoms with E-state index in [9.17, 15) is 0 Å². The van der Waals surface area contributed by atoms with Crippen LogP contribution in [0.5, 0.6) is 0 Å². The van der Waals surface area contributed by atoms with E-state index in [-0.39, 0.29) is 0 Å². The average Bonchev–Trinajstić information content (AvgIpc) is 2.78. The topological polar surface area (TPSA) is 63.3 Å². The van der Waals surface area contributed by atoms with Gasteiger partial charge >= 0.3 is 0 Å². The van der Waals surface area contributed by atoms with Gasteiger partial charge in [-0.1, -0.05) is 18.5 Å². The van der Waals surface area contributed by atoms with Crippen molar-refractivity contribution in [2.24, 2.45) is 10.7 Å². The van der Waals surface area contributed by atoms with Gasteiger partial charge in [-0.15, -0.1) is 11.3 Å². The fourth-order valence-corrected chi connectivity index (χ4v) is 2.61. The second kappa shape index (κ2) is 6.21. The molecule has 2 aromatic rings. The number of thiazole rings is 1. The summed E-state index contributed by atoms with van der Waals surface area (Å²) in [5.74, 6) is 0.464. The number of fused-ring (bicyclic) bond motifs is 1. The van der Waals surface area contributed by atoms with Gasteiger partial charge in [0.2, 0.25) is 0 Å². The number of nitrogens with zero attached hydrogens (tertiary/aromatic N) is 2. The lowest BCUT2D eigenvalue weighted by Crippen LogP contribution is -2.38. The Morgan fingerprint density at radius 2 is 2.37 bits per heavy atom. The van der Waals surface area contributed by atoms with Crippen LogP contribution in [-0.2, 0) is 6.54 Å². The first-order valence-corrected chi connectivity index (χ1v) is 7.39. The first-order valence-electron chi connectivity index (χ1n) is 6.20. The van der Waals surface area contributed by atoms with Crippen LogP contribution in [0, 0.1) is 0 Å². The summed E-state index contributed by atoms with van der Waals surface area (Å²) in [4.78, 5) is 8.79. The predicted octanol–water partition coefficient (Wildman–Crippen LogP) is 3.15. The number of aromatic nitrogens is 1. The van der Waals surface area contributed by atoms with Crippen molar-refractivity contribution in [2.75, 3.05) is 0 Å². The Hall–Kier alpha value is -1.33. The molecule has 0 fully saturated rings. The lowest BCUT2D eigenvalue weighted by atomic mass is 10.3. The van der Waals surface area contributed by atoms with Crippen molar-refractivity contribution in [2.45, 2.75) is 32.9 Å². The zero-order valence-electron chi connectivity index (χ0n) is 11.0. The molecular formula is C13H17ClN4S. The van der Waals surface area contributed by atoms with E-state index in [1.165, 1.54) is 0 Å². The van der Waals surface area contributed by atoms with Crippen LogP contribution in [0.1, 0.15) is 25.3 Å². The van der Waals surface area contributed by atoms with Crippen LogP contribution in [0.15, 0.2) is 23.2 Å². The molecule has 0 saturated heterocycles. The van der Waals surface area contributed by atoms with Crippen molar-refractivity contribution in [1.29, 1.82) is 0 Å². The molecule has 1 heterocycles. The van der Waals surface area contributed by atoms with E-state index in [0.717, 1.165) is 21.6 Å². The van der Waals surface area contributed by atoms with Gasteiger partial charge in [0.25, 0.3) is 0 Å². The van der Waals surface area contributed by atoms with Gasteiger partial charge in [-0.25, -0.2) is 9.98 Å². The number of nitrogens with two attached hydrogens (primary N) is 1. The molecule has 0 aliphatic carbocycles. The van der Waals surface area contributed by atoms with Crippen LogP contribution in [0.2, 0.25) is 5.02 Å². The minimum absolute atomic E-state index is 0.331. The Kier molecular flexibility index (Phi) is 4.61. The van der Waals surface area contributed by atoms with Crippen molar-refractivity contribution in [3.8, 4) is 0 Å². The Bertz CT molecular complexity index is 593. The van der Waals surface area contributed by atoms with Crippen molar-refractivity contribution < 1.29 is 0 Å². The third-order valence-corrected chi connectivity index (χ3v) is 4.04. The van der Waals surface area contributed by atoms with Crippen molar-refractivity contribution in [3.05, 3.63) is 28.2 Å². The SMILES string of the molecule is CCC(C)NC(N)=NCc1nc2cc(Cl)ccc2s1. The fraction of sp³-hybridized carbons (Fsp3) is 0.385. The van der Waals surface area contributed by atoms with Crippen molar-refractivity contribution in [3.63, 3.8) is 0 Å². The maximum Gasteiger partial charge on any atom is 0.189 e. The van der Waals surface area contributed by atoms with E-state index < -0.39 is 0 Å². The summed E-state index contributed by atoms with van der Waals surface area (Å²) in [6.07, 6.45) is 1.01. The lowest BCUT2D eigenvalue weighted by Gasteiger charge is -2.11. The van der Waals surface area contributed by atoms with Gasteiger partial charge in [-0.3, -0.25) is 0 Å². The third kappa shape index (κ3) is 3.81. The molecule has 1 atom stereocenters.